The highest BCUT2D eigenvalue weighted by Crippen LogP contribution is 2.22. The number of benzene rings is 1. The van der Waals surface area contributed by atoms with Crippen molar-refractivity contribution in [2.24, 2.45) is 15.9 Å². The second-order valence-corrected chi connectivity index (χ2v) is 5.52. The summed E-state index contributed by atoms with van der Waals surface area (Å²) in [5, 5.41) is 0. The van der Waals surface area contributed by atoms with Crippen LogP contribution in [0.1, 0.15) is 5.56 Å². The number of hydrogen-bond acceptors (Lipinski definition) is 4. The van der Waals surface area contributed by atoms with Crippen molar-refractivity contribution < 1.29 is 9.59 Å². The Balaban J connectivity index is 1.79. The van der Waals surface area contributed by atoms with Crippen molar-refractivity contribution in [3.63, 3.8) is 0 Å². The number of imide groups is 1. The number of carbonyl (C=O) groups is 2. The van der Waals surface area contributed by atoms with E-state index in [1.54, 1.807) is 19.3 Å². The van der Waals surface area contributed by atoms with E-state index in [4.69, 9.17) is 0 Å². The van der Waals surface area contributed by atoms with Crippen LogP contribution in [-0.4, -0.2) is 53.9 Å². The van der Waals surface area contributed by atoms with Gasteiger partial charge in [0.1, 0.15) is 11.8 Å². The summed E-state index contributed by atoms with van der Waals surface area (Å²) in [5.74, 6) is -0.433. The standard InChI is InChI=1S/C17H18N4O2/c1-20-15-14(16(22)21(2)17(20)23)13(9-11-19-15)18-10-8-12-6-4-3-5-7-12/h3-7,9,11,14H,8,10H2,1-2H3. The van der Waals surface area contributed by atoms with Crippen molar-refractivity contribution in [2.45, 2.75) is 6.42 Å². The van der Waals surface area contributed by atoms with Gasteiger partial charge in [-0.2, -0.15) is 0 Å². The molecular formula is C17H18N4O2. The van der Waals surface area contributed by atoms with E-state index in [0.717, 1.165) is 11.3 Å². The number of urea groups is 1. The van der Waals surface area contributed by atoms with Crippen molar-refractivity contribution >= 4 is 23.5 Å². The first kappa shape index (κ1) is 15.1. The minimum Gasteiger partial charge on any atom is -0.288 e. The van der Waals surface area contributed by atoms with Crippen molar-refractivity contribution in [3.8, 4) is 0 Å². The zero-order valence-corrected chi connectivity index (χ0v) is 13.1. The van der Waals surface area contributed by atoms with Gasteiger partial charge in [0.25, 0.3) is 0 Å². The van der Waals surface area contributed by atoms with Gasteiger partial charge < -0.3 is 0 Å². The van der Waals surface area contributed by atoms with Gasteiger partial charge in [-0.3, -0.25) is 19.6 Å². The first-order valence-corrected chi connectivity index (χ1v) is 7.47. The lowest BCUT2D eigenvalue weighted by Gasteiger charge is -2.36. The van der Waals surface area contributed by atoms with Crippen LogP contribution in [0.2, 0.25) is 0 Å². The Morgan fingerprint density at radius 1 is 1.13 bits per heavy atom. The average Bonchev–Trinajstić information content (AvgIpc) is 2.59. The van der Waals surface area contributed by atoms with Crippen molar-refractivity contribution in [3.05, 3.63) is 48.2 Å². The van der Waals surface area contributed by atoms with Crippen molar-refractivity contribution in [2.75, 3.05) is 20.6 Å². The number of aliphatic imine (C=N–C) groups is 2. The molecule has 1 saturated heterocycles. The summed E-state index contributed by atoms with van der Waals surface area (Å²) in [6, 6.07) is 9.70. The molecule has 0 radical (unpaired) electrons. The van der Waals surface area contributed by atoms with Crippen molar-refractivity contribution in [1.29, 1.82) is 0 Å². The van der Waals surface area contributed by atoms with E-state index < -0.39 is 5.92 Å². The molecule has 3 rings (SSSR count). The van der Waals surface area contributed by atoms with Crippen LogP contribution in [0.3, 0.4) is 0 Å². The largest absolute Gasteiger partial charge is 0.331 e. The average molecular weight is 310 g/mol. The van der Waals surface area contributed by atoms with Gasteiger partial charge in [0.05, 0.1) is 5.71 Å². The molecule has 2 heterocycles. The first-order chi connectivity index (χ1) is 11.1. The van der Waals surface area contributed by atoms with Crippen LogP contribution in [-0.2, 0) is 11.2 Å². The molecule has 1 fully saturated rings. The van der Waals surface area contributed by atoms with Gasteiger partial charge in [-0.15, -0.1) is 0 Å². The monoisotopic (exact) mass is 310 g/mol. The van der Waals surface area contributed by atoms with Crippen LogP contribution in [0, 0.1) is 5.92 Å². The number of rotatable bonds is 3. The number of amides is 3. The summed E-state index contributed by atoms with van der Waals surface area (Å²) in [6.07, 6.45) is 4.14. The van der Waals surface area contributed by atoms with E-state index in [0.29, 0.717) is 18.1 Å². The Morgan fingerprint density at radius 3 is 2.61 bits per heavy atom. The van der Waals surface area contributed by atoms with E-state index in [1.165, 1.54) is 17.5 Å². The third-order valence-corrected chi connectivity index (χ3v) is 4.04. The predicted octanol–water partition coefficient (Wildman–Crippen LogP) is 1.74. The maximum atomic E-state index is 12.4. The van der Waals surface area contributed by atoms with Crippen LogP contribution in [0.15, 0.2) is 52.6 Å². The van der Waals surface area contributed by atoms with Gasteiger partial charge in [-0.25, -0.2) is 9.79 Å². The van der Waals surface area contributed by atoms with Crippen LogP contribution in [0.25, 0.3) is 0 Å². The molecule has 1 unspecified atom stereocenters. The third kappa shape index (κ3) is 2.79. The second kappa shape index (κ2) is 6.16. The molecule has 6 nitrogen and oxygen atoms in total. The lowest BCUT2D eigenvalue weighted by molar-refractivity contribution is -0.128. The van der Waals surface area contributed by atoms with Gasteiger partial charge in [-0.05, 0) is 18.1 Å². The normalized spacial score (nSPS) is 22.4. The maximum absolute atomic E-state index is 12.4. The van der Waals surface area contributed by atoms with Gasteiger partial charge in [0.15, 0.2) is 0 Å². The maximum Gasteiger partial charge on any atom is 0.331 e. The predicted molar refractivity (Wildman–Crippen MR) is 88.4 cm³/mol. The van der Waals surface area contributed by atoms with E-state index in [-0.39, 0.29) is 11.9 Å². The molecule has 2 aliphatic rings. The molecule has 3 amide bonds. The quantitative estimate of drug-likeness (QED) is 0.853. The summed E-state index contributed by atoms with van der Waals surface area (Å²) >= 11 is 0. The molecule has 0 aromatic heterocycles. The fourth-order valence-corrected chi connectivity index (χ4v) is 2.72. The van der Waals surface area contributed by atoms with Gasteiger partial charge >= 0.3 is 6.03 Å². The molecule has 0 spiro atoms. The topological polar surface area (TPSA) is 65.3 Å². The summed E-state index contributed by atoms with van der Waals surface area (Å²) in [6.45, 7) is 0.585. The fraction of sp³-hybridized carbons (Fsp3) is 0.294. The molecule has 1 aromatic carbocycles. The number of nitrogens with zero attached hydrogens (tertiary/aromatic N) is 4. The van der Waals surface area contributed by atoms with E-state index in [9.17, 15) is 9.59 Å². The fourth-order valence-electron chi connectivity index (χ4n) is 2.72. The van der Waals surface area contributed by atoms with Crippen LogP contribution in [0.4, 0.5) is 4.79 Å². The third-order valence-electron chi connectivity index (χ3n) is 4.04. The number of amidine groups is 1. The Morgan fingerprint density at radius 2 is 1.87 bits per heavy atom. The zero-order chi connectivity index (χ0) is 16.4. The summed E-state index contributed by atoms with van der Waals surface area (Å²) in [4.78, 5) is 35.7. The number of hydrogen-bond donors (Lipinski definition) is 0. The SMILES string of the molecule is CN1C(=O)C2C(=NCCc3ccccc3)C=CN=C2N(C)C1=O. The molecule has 118 valence electrons. The molecule has 0 saturated carbocycles. The van der Waals surface area contributed by atoms with Crippen LogP contribution >= 0.6 is 0 Å². The molecule has 6 heteroatoms. The van der Waals surface area contributed by atoms with E-state index in [2.05, 4.69) is 22.1 Å². The molecule has 0 aliphatic carbocycles. The molecular weight excluding hydrogens is 292 g/mol. The molecule has 2 aliphatic heterocycles. The smallest absolute Gasteiger partial charge is 0.288 e. The Kier molecular flexibility index (Phi) is 4.06. The lowest BCUT2D eigenvalue weighted by atomic mass is 9.95. The number of fused-ring (bicyclic) bond motifs is 1. The molecule has 23 heavy (non-hydrogen) atoms. The highest BCUT2D eigenvalue weighted by molar-refractivity contribution is 6.31. The Labute approximate surface area is 134 Å². The minimum absolute atomic E-state index is 0.283. The van der Waals surface area contributed by atoms with Gasteiger partial charge in [0, 0.05) is 26.8 Å². The molecule has 0 bridgehead atoms. The number of allylic oxidation sites excluding steroid dienone is 1. The number of carbonyl (C=O) groups excluding carboxylic acids is 2. The van der Waals surface area contributed by atoms with Gasteiger partial charge in [0.2, 0.25) is 5.91 Å². The lowest BCUT2D eigenvalue weighted by Crippen LogP contribution is -2.59. The van der Waals surface area contributed by atoms with Gasteiger partial charge in [-0.1, -0.05) is 30.3 Å². The van der Waals surface area contributed by atoms with E-state index in [1.807, 2.05) is 18.2 Å². The second-order valence-electron chi connectivity index (χ2n) is 5.52. The highest BCUT2D eigenvalue weighted by Gasteiger charge is 2.43. The van der Waals surface area contributed by atoms with E-state index >= 15 is 0 Å². The molecule has 1 aromatic rings. The highest BCUT2D eigenvalue weighted by atomic mass is 16.2. The van der Waals surface area contributed by atoms with Crippen molar-refractivity contribution in [1.82, 2.24) is 9.80 Å². The summed E-state index contributed by atoms with van der Waals surface area (Å²) < 4.78 is 0. The minimum atomic E-state index is -0.594. The molecule has 0 N–H and O–H groups in total. The van der Waals surface area contributed by atoms with Crippen LogP contribution < -0.4 is 0 Å². The first-order valence-electron chi connectivity index (χ1n) is 7.47. The molecule has 1 atom stereocenters. The Hall–Kier alpha value is -2.76. The Bertz CT molecular complexity index is 721. The van der Waals surface area contributed by atoms with Crippen LogP contribution in [0.5, 0.6) is 0 Å². The summed E-state index contributed by atoms with van der Waals surface area (Å²) in [7, 11) is 3.11. The summed E-state index contributed by atoms with van der Waals surface area (Å²) in [5.41, 5.74) is 1.85. The zero-order valence-electron chi connectivity index (χ0n) is 13.1.